The maximum Gasteiger partial charge on any atom is 0.133 e. The second-order valence-corrected chi connectivity index (χ2v) is 3.67. The summed E-state index contributed by atoms with van der Waals surface area (Å²) < 4.78 is 11.0. The number of aliphatic hydroxyl groups excluding tert-OH is 1. The van der Waals surface area contributed by atoms with Crippen molar-refractivity contribution in [2.45, 2.75) is 13.0 Å². The maximum atomic E-state index is 9.57. The lowest BCUT2D eigenvalue weighted by molar-refractivity contribution is 0.193. The van der Waals surface area contributed by atoms with Gasteiger partial charge in [-0.3, -0.25) is 0 Å². The molecule has 1 rings (SSSR count). The molecule has 0 aliphatic heterocycles. The summed E-state index contributed by atoms with van der Waals surface area (Å²) in [6.45, 7) is 1.68. The van der Waals surface area contributed by atoms with Crippen molar-refractivity contribution in [3.05, 3.63) is 22.2 Å². The number of benzene rings is 1. The number of halogens is 1. The summed E-state index contributed by atoms with van der Waals surface area (Å²) in [5.74, 6) is 1.33. The van der Waals surface area contributed by atoms with Gasteiger partial charge in [0.05, 0.1) is 24.8 Å². The fourth-order valence-electron chi connectivity index (χ4n) is 1.28. The van der Waals surface area contributed by atoms with E-state index in [-0.39, 0.29) is 0 Å². The number of hydrogen-bond donors (Lipinski definition) is 1. The number of rotatable bonds is 3. The van der Waals surface area contributed by atoms with Gasteiger partial charge in [-0.1, -0.05) is 0 Å². The summed E-state index contributed by atoms with van der Waals surface area (Å²) in [6.07, 6.45) is -0.602. The highest BCUT2D eigenvalue weighted by Gasteiger charge is 2.16. The highest BCUT2D eigenvalue weighted by atomic mass is 79.9. The van der Waals surface area contributed by atoms with Crippen LogP contribution in [0.2, 0.25) is 0 Å². The number of aliphatic hydroxyl groups is 1. The van der Waals surface area contributed by atoms with Crippen LogP contribution in [-0.2, 0) is 0 Å². The minimum atomic E-state index is -0.602. The molecule has 0 aliphatic carbocycles. The lowest BCUT2D eigenvalue weighted by Crippen LogP contribution is -1.99. The molecular weight excluding hydrogens is 248 g/mol. The first-order valence-corrected chi connectivity index (χ1v) is 4.99. The summed E-state index contributed by atoms with van der Waals surface area (Å²) >= 11 is 3.37. The normalized spacial score (nSPS) is 12.4. The van der Waals surface area contributed by atoms with E-state index in [2.05, 4.69) is 15.9 Å². The molecule has 78 valence electrons. The van der Waals surface area contributed by atoms with E-state index < -0.39 is 6.10 Å². The van der Waals surface area contributed by atoms with E-state index in [9.17, 15) is 5.11 Å². The van der Waals surface area contributed by atoms with Crippen molar-refractivity contribution in [3.63, 3.8) is 0 Å². The lowest BCUT2D eigenvalue weighted by atomic mass is 10.1. The third kappa shape index (κ3) is 2.01. The van der Waals surface area contributed by atoms with Gasteiger partial charge in [-0.05, 0) is 35.0 Å². The van der Waals surface area contributed by atoms with Gasteiger partial charge in [0, 0.05) is 5.56 Å². The van der Waals surface area contributed by atoms with E-state index >= 15 is 0 Å². The molecule has 0 fully saturated rings. The second-order valence-electron chi connectivity index (χ2n) is 2.87. The molecule has 1 aromatic carbocycles. The number of hydrogen-bond acceptors (Lipinski definition) is 3. The van der Waals surface area contributed by atoms with E-state index in [1.54, 1.807) is 33.3 Å². The zero-order chi connectivity index (χ0) is 10.7. The zero-order valence-corrected chi connectivity index (χ0v) is 9.96. The van der Waals surface area contributed by atoms with E-state index in [1.807, 2.05) is 0 Å². The Bertz CT molecular complexity index is 323. The topological polar surface area (TPSA) is 38.7 Å². The van der Waals surface area contributed by atoms with Crippen molar-refractivity contribution in [2.24, 2.45) is 0 Å². The molecule has 14 heavy (non-hydrogen) atoms. The van der Waals surface area contributed by atoms with E-state index in [0.717, 1.165) is 4.47 Å². The quantitative estimate of drug-likeness (QED) is 0.908. The minimum Gasteiger partial charge on any atom is -0.496 e. The fourth-order valence-corrected chi connectivity index (χ4v) is 2.10. The van der Waals surface area contributed by atoms with Gasteiger partial charge in [-0.15, -0.1) is 0 Å². The van der Waals surface area contributed by atoms with Gasteiger partial charge in [0.25, 0.3) is 0 Å². The van der Waals surface area contributed by atoms with Crippen LogP contribution in [0.1, 0.15) is 18.6 Å². The molecular formula is C10H13BrO3. The molecule has 0 heterocycles. The van der Waals surface area contributed by atoms with Crippen LogP contribution in [0.5, 0.6) is 11.5 Å². The first-order chi connectivity index (χ1) is 6.61. The molecule has 0 aromatic heterocycles. The highest BCUT2D eigenvalue weighted by molar-refractivity contribution is 9.10. The molecule has 1 atom stereocenters. The van der Waals surface area contributed by atoms with Crippen LogP contribution >= 0.6 is 15.9 Å². The second kappa shape index (κ2) is 4.66. The van der Waals surface area contributed by atoms with Gasteiger partial charge in [-0.2, -0.15) is 0 Å². The number of ether oxygens (including phenoxy) is 2. The maximum absolute atomic E-state index is 9.57. The molecule has 0 radical (unpaired) electrons. The van der Waals surface area contributed by atoms with Crippen molar-refractivity contribution < 1.29 is 14.6 Å². The van der Waals surface area contributed by atoms with Gasteiger partial charge < -0.3 is 14.6 Å². The van der Waals surface area contributed by atoms with Crippen LogP contribution in [0.25, 0.3) is 0 Å². The van der Waals surface area contributed by atoms with E-state index in [0.29, 0.717) is 17.1 Å². The third-order valence-corrected chi connectivity index (χ3v) is 2.78. The molecule has 0 aliphatic rings. The fraction of sp³-hybridized carbons (Fsp3) is 0.400. The van der Waals surface area contributed by atoms with Gasteiger partial charge in [0.2, 0.25) is 0 Å². The molecule has 0 saturated heterocycles. The third-order valence-electron chi connectivity index (χ3n) is 1.96. The predicted octanol–water partition coefficient (Wildman–Crippen LogP) is 2.52. The first kappa shape index (κ1) is 11.3. The predicted molar refractivity (Wildman–Crippen MR) is 57.9 cm³/mol. The summed E-state index contributed by atoms with van der Waals surface area (Å²) in [5.41, 5.74) is 0.701. The first-order valence-electron chi connectivity index (χ1n) is 4.20. The van der Waals surface area contributed by atoms with Crippen LogP contribution in [0.4, 0.5) is 0 Å². The standard InChI is InChI=1S/C10H13BrO3/c1-6(12)9-7(13-2)4-5-8(14-3)10(9)11/h4-6,12H,1-3H3. The van der Waals surface area contributed by atoms with Crippen LogP contribution in [0.15, 0.2) is 16.6 Å². The summed E-state index contributed by atoms with van der Waals surface area (Å²) in [6, 6.07) is 3.56. The lowest BCUT2D eigenvalue weighted by Gasteiger charge is -2.15. The Morgan fingerprint density at radius 2 is 1.71 bits per heavy atom. The van der Waals surface area contributed by atoms with Crippen molar-refractivity contribution in [2.75, 3.05) is 14.2 Å². The van der Waals surface area contributed by atoms with Crippen LogP contribution < -0.4 is 9.47 Å². The van der Waals surface area contributed by atoms with Gasteiger partial charge >= 0.3 is 0 Å². The minimum absolute atomic E-state index is 0.602. The molecule has 1 N–H and O–H groups in total. The molecule has 1 unspecified atom stereocenters. The van der Waals surface area contributed by atoms with Gasteiger partial charge in [0.15, 0.2) is 0 Å². The summed E-state index contributed by atoms with van der Waals surface area (Å²) in [5, 5.41) is 9.57. The number of methoxy groups -OCH3 is 2. The average Bonchev–Trinajstić information content (AvgIpc) is 2.16. The van der Waals surface area contributed by atoms with Gasteiger partial charge in [0.1, 0.15) is 11.5 Å². The van der Waals surface area contributed by atoms with Gasteiger partial charge in [-0.25, -0.2) is 0 Å². The van der Waals surface area contributed by atoms with Crippen molar-refractivity contribution in [1.29, 1.82) is 0 Å². The largest absolute Gasteiger partial charge is 0.496 e. The van der Waals surface area contributed by atoms with Crippen LogP contribution in [-0.4, -0.2) is 19.3 Å². The SMILES string of the molecule is COc1ccc(OC)c(C(C)O)c1Br. The summed E-state index contributed by atoms with van der Waals surface area (Å²) in [7, 11) is 3.15. The van der Waals surface area contributed by atoms with Crippen LogP contribution in [0, 0.1) is 0 Å². The molecule has 0 amide bonds. The van der Waals surface area contributed by atoms with Crippen molar-refractivity contribution >= 4 is 15.9 Å². The van der Waals surface area contributed by atoms with Crippen molar-refractivity contribution in [1.82, 2.24) is 0 Å². The molecule has 1 aromatic rings. The molecule has 0 saturated carbocycles. The van der Waals surface area contributed by atoms with E-state index in [1.165, 1.54) is 0 Å². The Balaban J connectivity index is 3.31. The molecule has 0 bridgehead atoms. The van der Waals surface area contributed by atoms with E-state index in [4.69, 9.17) is 9.47 Å². The zero-order valence-electron chi connectivity index (χ0n) is 8.37. The van der Waals surface area contributed by atoms with Crippen LogP contribution in [0.3, 0.4) is 0 Å². The smallest absolute Gasteiger partial charge is 0.133 e. The summed E-state index contributed by atoms with van der Waals surface area (Å²) in [4.78, 5) is 0. The Kier molecular flexibility index (Phi) is 3.77. The average molecular weight is 261 g/mol. The molecule has 4 heteroatoms. The van der Waals surface area contributed by atoms with Crippen molar-refractivity contribution in [3.8, 4) is 11.5 Å². The monoisotopic (exact) mass is 260 g/mol. The Morgan fingerprint density at radius 1 is 1.21 bits per heavy atom. The Morgan fingerprint density at radius 3 is 2.14 bits per heavy atom. The Labute approximate surface area is 91.8 Å². The highest BCUT2D eigenvalue weighted by Crippen LogP contribution is 2.38. The molecule has 0 spiro atoms. The Hall–Kier alpha value is -0.740. The molecule has 3 nitrogen and oxygen atoms in total.